The van der Waals surface area contributed by atoms with Crippen molar-refractivity contribution in [3.05, 3.63) is 36.9 Å². The minimum absolute atomic E-state index is 0.544. The van der Waals surface area contributed by atoms with Gasteiger partial charge in [0.1, 0.15) is 0 Å². The second-order valence-electron chi connectivity index (χ2n) is 2.67. The first-order valence-electron chi connectivity index (χ1n) is 4.09. The van der Waals surface area contributed by atoms with Crippen LogP contribution in [0.1, 0.15) is 0 Å². The van der Waals surface area contributed by atoms with Crippen molar-refractivity contribution in [3.8, 4) is 11.3 Å². The van der Waals surface area contributed by atoms with Gasteiger partial charge in [-0.15, -0.1) is 0 Å². The number of nitrogens with one attached hydrogen (secondary N) is 1. The standard InChI is InChI=1S/C9H9N5/c10-14-9-6-12-8(5-13-9)7-1-3-11-4-2-7/h1-6H,10H2,(H,13,14). The van der Waals surface area contributed by atoms with Gasteiger partial charge in [0.2, 0.25) is 0 Å². The predicted molar refractivity (Wildman–Crippen MR) is 53.1 cm³/mol. The maximum atomic E-state index is 5.18. The molecule has 2 aromatic heterocycles. The van der Waals surface area contributed by atoms with Crippen molar-refractivity contribution < 1.29 is 0 Å². The fraction of sp³-hybridized carbons (Fsp3) is 0. The molecule has 0 aliphatic heterocycles. The van der Waals surface area contributed by atoms with E-state index < -0.39 is 0 Å². The Kier molecular flexibility index (Phi) is 2.33. The van der Waals surface area contributed by atoms with E-state index in [1.54, 1.807) is 24.8 Å². The largest absolute Gasteiger partial charge is 0.307 e. The van der Waals surface area contributed by atoms with Gasteiger partial charge in [0.05, 0.1) is 18.1 Å². The molecule has 0 unspecified atom stereocenters. The number of anilines is 1. The fourth-order valence-corrected chi connectivity index (χ4v) is 1.07. The average Bonchev–Trinajstić information content (AvgIpc) is 2.30. The highest BCUT2D eigenvalue weighted by atomic mass is 15.3. The zero-order chi connectivity index (χ0) is 9.80. The molecule has 0 atom stereocenters. The molecule has 14 heavy (non-hydrogen) atoms. The summed E-state index contributed by atoms with van der Waals surface area (Å²) in [5.41, 5.74) is 4.20. The second-order valence-corrected chi connectivity index (χ2v) is 2.67. The van der Waals surface area contributed by atoms with Gasteiger partial charge in [-0.25, -0.2) is 10.8 Å². The highest BCUT2D eigenvalue weighted by Crippen LogP contribution is 2.14. The molecule has 0 saturated heterocycles. The lowest BCUT2D eigenvalue weighted by Gasteiger charge is -2.00. The Hall–Kier alpha value is -2.01. The van der Waals surface area contributed by atoms with E-state index in [2.05, 4.69) is 20.4 Å². The normalized spacial score (nSPS) is 9.79. The summed E-state index contributed by atoms with van der Waals surface area (Å²) < 4.78 is 0. The number of nitrogens with zero attached hydrogens (tertiary/aromatic N) is 3. The van der Waals surface area contributed by atoms with Crippen LogP contribution in [-0.2, 0) is 0 Å². The number of nitrogens with two attached hydrogens (primary N) is 1. The first-order chi connectivity index (χ1) is 6.90. The SMILES string of the molecule is NNc1cnc(-c2ccncc2)cn1. The Morgan fingerprint density at radius 1 is 1.07 bits per heavy atom. The summed E-state index contributed by atoms with van der Waals surface area (Å²) in [6.07, 6.45) is 6.67. The molecule has 0 amide bonds. The number of rotatable bonds is 2. The molecule has 0 radical (unpaired) electrons. The Morgan fingerprint density at radius 2 is 1.86 bits per heavy atom. The van der Waals surface area contributed by atoms with Crippen LogP contribution < -0.4 is 11.3 Å². The van der Waals surface area contributed by atoms with Gasteiger partial charge in [-0.2, -0.15) is 0 Å². The quantitative estimate of drug-likeness (QED) is 0.537. The monoisotopic (exact) mass is 187 g/mol. The summed E-state index contributed by atoms with van der Waals surface area (Å²) in [6, 6.07) is 3.75. The van der Waals surface area contributed by atoms with Crippen LogP contribution in [0.15, 0.2) is 36.9 Å². The number of hydrogen-bond acceptors (Lipinski definition) is 5. The average molecular weight is 187 g/mol. The zero-order valence-electron chi connectivity index (χ0n) is 7.38. The summed E-state index contributed by atoms with van der Waals surface area (Å²) in [5.74, 6) is 5.72. The summed E-state index contributed by atoms with van der Waals surface area (Å²) in [6.45, 7) is 0. The Morgan fingerprint density at radius 3 is 2.43 bits per heavy atom. The number of hydrogen-bond donors (Lipinski definition) is 2. The highest BCUT2D eigenvalue weighted by molar-refractivity contribution is 5.57. The predicted octanol–water partition coefficient (Wildman–Crippen LogP) is 0.824. The van der Waals surface area contributed by atoms with E-state index >= 15 is 0 Å². The minimum Gasteiger partial charge on any atom is -0.307 e. The third kappa shape index (κ3) is 1.67. The second kappa shape index (κ2) is 3.80. The first kappa shape index (κ1) is 8.58. The molecule has 3 N–H and O–H groups in total. The number of nitrogen functional groups attached to an aromatic ring is 1. The van der Waals surface area contributed by atoms with E-state index in [4.69, 9.17) is 5.84 Å². The maximum absolute atomic E-state index is 5.18. The van der Waals surface area contributed by atoms with Crippen LogP contribution in [0, 0.1) is 0 Å². The van der Waals surface area contributed by atoms with Crippen molar-refractivity contribution in [2.45, 2.75) is 0 Å². The molecule has 0 aliphatic rings. The van der Waals surface area contributed by atoms with Crippen LogP contribution in [0.2, 0.25) is 0 Å². The number of hydrazine groups is 1. The molecule has 2 rings (SSSR count). The third-order valence-electron chi connectivity index (χ3n) is 1.78. The molecule has 0 spiro atoms. The van der Waals surface area contributed by atoms with Gasteiger partial charge >= 0.3 is 0 Å². The van der Waals surface area contributed by atoms with Crippen LogP contribution in [0.5, 0.6) is 0 Å². The number of pyridine rings is 1. The Balaban J connectivity index is 2.34. The van der Waals surface area contributed by atoms with Crippen LogP contribution in [0.25, 0.3) is 11.3 Å². The van der Waals surface area contributed by atoms with E-state index in [-0.39, 0.29) is 0 Å². The van der Waals surface area contributed by atoms with Gasteiger partial charge < -0.3 is 5.43 Å². The lowest BCUT2D eigenvalue weighted by Crippen LogP contribution is -2.08. The van der Waals surface area contributed by atoms with Crippen LogP contribution in [-0.4, -0.2) is 15.0 Å². The van der Waals surface area contributed by atoms with E-state index in [0.717, 1.165) is 11.3 Å². The van der Waals surface area contributed by atoms with E-state index in [1.807, 2.05) is 12.1 Å². The topological polar surface area (TPSA) is 76.7 Å². The third-order valence-corrected chi connectivity index (χ3v) is 1.78. The van der Waals surface area contributed by atoms with Crippen LogP contribution >= 0.6 is 0 Å². The maximum Gasteiger partial charge on any atom is 0.158 e. The summed E-state index contributed by atoms with van der Waals surface area (Å²) in [5, 5.41) is 0. The van der Waals surface area contributed by atoms with Crippen molar-refractivity contribution in [1.29, 1.82) is 0 Å². The van der Waals surface area contributed by atoms with E-state index in [0.29, 0.717) is 5.82 Å². The lowest BCUT2D eigenvalue weighted by molar-refractivity contribution is 1.16. The van der Waals surface area contributed by atoms with Crippen molar-refractivity contribution in [2.24, 2.45) is 5.84 Å². The molecule has 2 aromatic rings. The number of aromatic nitrogens is 3. The molecular formula is C9H9N5. The molecule has 0 fully saturated rings. The van der Waals surface area contributed by atoms with Gasteiger partial charge in [-0.1, -0.05) is 0 Å². The molecule has 5 heteroatoms. The molecular weight excluding hydrogens is 178 g/mol. The van der Waals surface area contributed by atoms with E-state index in [1.165, 1.54) is 0 Å². The van der Waals surface area contributed by atoms with Crippen LogP contribution in [0.4, 0.5) is 5.82 Å². The Bertz CT molecular complexity index is 397. The van der Waals surface area contributed by atoms with Crippen molar-refractivity contribution in [3.63, 3.8) is 0 Å². The summed E-state index contributed by atoms with van der Waals surface area (Å²) >= 11 is 0. The van der Waals surface area contributed by atoms with Gasteiger partial charge in [0, 0.05) is 18.0 Å². The molecule has 70 valence electrons. The zero-order valence-corrected chi connectivity index (χ0v) is 7.38. The summed E-state index contributed by atoms with van der Waals surface area (Å²) in [7, 11) is 0. The Labute approximate surface area is 81.0 Å². The highest BCUT2D eigenvalue weighted by Gasteiger charge is 1.98. The fourth-order valence-electron chi connectivity index (χ4n) is 1.07. The molecule has 0 aromatic carbocycles. The minimum atomic E-state index is 0.544. The lowest BCUT2D eigenvalue weighted by atomic mass is 10.2. The molecule has 2 heterocycles. The van der Waals surface area contributed by atoms with Crippen molar-refractivity contribution >= 4 is 5.82 Å². The van der Waals surface area contributed by atoms with Gasteiger partial charge in [-0.05, 0) is 12.1 Å². The van der Waals surface area contributed by atoms with E-state index in [9.17, 15) is 0 Å². The molecule has 0 aliphatic carbocycles. The van der Waals surface area contributed by atoms with Gasteiger partial charge in [0.25, 0.3) is 0 Å². The van der Waals surface area contributed by atoms with Crippen LogP contribution in [0.3, 0.4) is 0 Å². The smallest absolute Gasteiger partial charge is 0.158 e. The molecule has 0 saturated carbocycles. The molecule has 0 bridgehead atoms. The van der Waals surface area contributed by atoms with Crippen molar-refractivity contribution in [1.82, 2.24) is 15.0 Å². The van der Waals surface area contributed by atoms with Crippen molar-refractivity contribution in [2.75, 3.05) is 5.43 Å². The molecule has 5 nitrogen and oxygen atoms in total. The first-order valence-corrected chi connectivity index (χ1v) is 4.09. The van der Waals surface area contributed by atoms with Gasteiger partial charge in [-0.3, -0.25) is 9.97 Å². The van der Waals surface area contributed by atoms with Gasteiger partial charge in [0.15, 0.2) is 5.82 Å². The summed E-state index contributed by atoms with van der Waals surface area (Å²) in [4.78, 5) is 12.2.